The fourth-order valence-electron chi connectivity index (χ4n) is 2.69. The Labute approximate surface area is 168 Å². The molecule has 0 radical (unpaired) electrons. The molecule has 0 aliphatic heterocycles. The number of aryl methyl sites for hydroxylation is 1. The lowest BCUT2D eigenvalue weighted by atomic mass is 10.1. The number of methoxy groups -OCH3 is 1. The highest BCUT2D eigenvalue weighted by molar-refractivity contribution is 7.09. The summed E-state index contributed by atoms with van der Waals surface area (Å²) in [5.41, 5.74) is 3.57. The van der Waals surface area contributed by atoms with E-state index in [1.807, 2.05) is 67.8 Å². The van der Waals surface area contributed by atoms with Crippen molar-refractivity contribution in [3.63, 3.8) is 0 Å². The van der Waals surface area contributed by atoms with Crippen LogP contribution in [0.3, 0.4) is 0 Å². The minimum atomic E-state index is -0.244. The molecule has 0 aliphatic carbocycles. The number of nitrogens with zero attached hydrogens (tertiary/aromatic N) is 1. The van der Waals surface area contributed by atoms with E-state index >= 15 is 0 Å². The van der Waals surface area contributed by atoms with Crippen molar-refractivity contribution in [2.75, 3.05) is 19.0 Å². The Morgan fingerprint density at radius 3 is 2.79 bits per heavy atom. The second-order valence-electron chi connectivity index (χ2n) is 6.08. The summed E-state index contributed by atoms with van der Waals surface area (Å²) >= 11 is 1.60. The molecule has 0 spiro atoms. The van der Waals surface area contributed by atoms with Gasteiger partial charge in [0.15, 0.2) is 18.1 Å². The van der Waals surface area contributed by atoms with Crippen LogP contribution < -0.4 is 14.8 Å². The fraction of sp³-hybridized carbons (Fsp3) is 0.182. The van der Waals surface area contributed by atoms with Crippen molar-refractivity contribution >= 4 is 29.0 Å². The molecule has 0 unspecified atom stereocenters. The molecule has 0 atom stereocenters. The van der Waals surface area contributed by atoms with E-state index in [1.165, 1.54) is 0 Å². The number of ether oxygens (including phenoxy) is 2. The number of carbonyl (C=O) groups excluding carboxylic acids is 1. The van der Waals surface area contributed by atoms with Crippen LogP contribution in [0.15, 0.2) is 53.9 Å². The first-order valence-corrected chi connectivity index (χ1v) is 9.73. The molecule has 1 heterocycles. The molecule has 3 aromatic rings. The first kappa shape index (κ1) is 19.6. The van der Waals surface area contributed by atoms with Crippen molar-refractivity contribution in [3.8, 4) is 22.8 Å². The fourth-order valence-corrected chi connectivity index (χ4v) is 3.31. The predicted molar refractivity (Wildman–Crippen MR) is 114 cm³/mol. The zero-order valence-corrected chi connectivity index (χ0v) is 16.9. The average Bonchev–Trinajstić information content (AvgIpc) is 3.14. The molecule has 1 N–H and O–H groups in total. The van der Waals surface area contributed by atoms with E-state index in [1.54, 1.807) is 24.5 Å². The highest BCUT2D eigenvalue weighted by Crippen LogP contribution is 2.29. The normalized spacial score (nSPS) is 10.8. The molecule has 1 amide bonds. The Balaban J connectivity index is 1.63. The van der Waals surface area contributed by atoms with E-state index in [0.717, 1.165) is 21.8 Å². The summed E-state index contributed by atoms with van der Waals surface area (Å²) in [6, 6.07) is 13.2. The highest BCUT2D eigenvalue weighted by atomic mass is 32.1. The second kappa shape index (κ2) is 9.19. The average molecular weight is 394 g/mol. The van der Waals surface area contributed by atoms with Crippen LogP contribution in [-0.2, 0) is 4.79 Å². The Hall–Kier alpha value is -3.12. The maximum absolute atomic E-state index is 12.3. The van der Waals surface area contributed by atoms with Crippen molar-refractivity contribution in [1.82, 2.24) is 4.98 Å². The van der Waals surface area contributed by atoms with Gasteiger partial charge in [0.25, 0.3) is 5.91 Å². The van der Waals surface area contributed by atoms with Crippen LogP contribution in [0.2, 0.25) is 0 Å². The van der Waals surface area contributed by atoms with Gasteiger partial charge in [0.2, 0.25) is 0 Å². The Bertz CT molecular complexity index is 995. The molecule has 28 heavy (non-hydrogen) atoms. The van der Waals surface area contributed by atoms with E-state index in [2.05, 4.69) is 10.3 Å². The first-order chi connectivity index (χ1) is 13.6. The van der Waals surface area contributed by atoms with Gasteiger partial charge in [0.1, 0.15) is 0 Å². The van der Waals surface area contributed by atoms with Gasteiger partial charge in [-0.2, -0.15) is 0 Å². The van der Waals surface area contributed by atoms with Gasteiger partial charge in [-0.15, -0.1) is 11.3 Å². The lowest BCUT2D eigenvalue weighted by molar-refractivity contribution is -0.118. The number of rotatable bonds is 7. The van der Waals surface area contributed by atoms with Gasteiger partial charge in [-0.1, -0.05) is 30.4 Å². The number of hydrogen-bond donors (Lipinski definition) is 1. The van der Waals surface area contributed by atoms with Crippen LogP contribution in [0.5, 0.6) is 11.5 Å². The zero-order chi connectivity index (χ0) is 19.9. The van der Waals surface area contributed by atoms with Crippen LogP contribution in [0.4, 0.5) is 5.69 Å². The summed E-state index contributed by atoms with van der Waals surface area (Å²) in [7, 11) is 1.58. The smallest absolute Gasteiger partial charge is 0.262 e. The van der Waals surface area contributed by atoms with Gasteiger partial charge in [-0.3, -0.25) is 4.79 Å². The highest BCUT2D eigenvalue weighted by Gasteiger charge is 2.10. The van der Waals surface area contributed by atoms with Gasteiger partial charge < -0.3 is 14.8 Å². The molecular formula is C22H22N2O3S. The Morgan fingerprint density at radius 1 is 1.21 bits per heavy atom. The number of thiazole rings is 1. The van der Waals surface area contributed by atoms with Gasteiger partial charge in [0.05, 0.1) is 17.8 Å². The molecule has 6 heteroatoms. The lowest BCUT2D eigenvalue weighted by Crippen LogP contribution is -2.20. The number of amides is 1. The van der Waals surface area contributed by atoms with Crippen molar-refractivity contribution in [1.29, 1.82) is 0 Å². The molecule has 0 fully saturated rings. The SMILES string of the molecule is C/C=C/c1ccc(OCC(=O)Nc2cccc(-c3csc(C)n3)c2)c(OC)c1. The number of benzene rings is 2. The number of aromatic nitrogens is 1. The number of allylic oxidation sites excluding steroid dienone is 1. The predicted octanol–water partition coefficient (Wildman–Crippen LogP) is 5.18. The molecule has 3 rings (SSSR count). The topological polar surface area (TPSA) is 60.5 Å². The van der Waals surface area contributed by atoms with Gasteiger partial charge in [0, 0.05) is 16.6 Å². The summed E-state index contributed by atoms with van der Waals surface area (Å²) < 4.78 is 11.0. The van der Waals surface area contributed by atoms with E-state index in [-0.39, 0.29) is 12.5 Å². The number of carbonyl (C=O) groups is 1. The van der Waals surface area contributed by atoms with Crippen LogP contribution >= 0.6 is 11.3 Å². The van der Waals surface area contributed by atoms with E-state index < -0.39 is 0 Å². The van der Waals surface area contributed by atoms with Gasteiger partial charge in [-0.25, -0.2) is 4.98 Å². The maximum Gasteiger partial charge on any atom is 0.262 e. The largest absolute Gasteiger partial charge is 0.493 e. The minimum absolute atomic E-state index is 0.112. The summed E-state index contributed by atoms with van der Waals surface area (Å²) in [6.45, 7) is 3.81. The van der Waals surface area contributed by atoms with Crippen molar-refractivity contribution in [3.05, 3.63) is 64.5 Å². The van der Waals surface area contributed by atoms with Crippen LogP contribution in [0, 0.1) is 6.92 Å². The summed E-state index contributed by atoms with van der Waals surface area (Å²) in [4.78, 5) is 16.8. The van der Waals surface area contributed by atoms with E-state index in [4.69, 9.17) is 9.47 Å². The third-order valence-electron chi connectivity index (χ3n) is 3.97. The monoisotopic (exact) mass is 394 g/mol. The quantitative estimate of drug-likeness (QED) is 0.600. The molecule has 144 valence electrons. The van der Waals surface area contributed by atoms with Crippen molar-refractivity contribution in [2.24, 2.45) is 0 Å². The summed E-state index contributed by atoms with van der Waals surface area (Å²) in [6.07, 6.45) is 3.92. The third-order valence-corrected chi connectivity index (χ3v) is 4.74. The third kappa shape index (κ3) is 4.98. The van der Waals surface area contributed by atoms with E-state index in [0.29, 0.717) is 17.2 Å². The van der Waals surface area contributed by atoms with Gasteiger partial charge >= 0.3 is 0 Å². The second-order valence-corrected chi connectivity index (χ2v) is 7.14. The van der Waals surface area contributed by atoms with Crippen LogP contribution in [0.25, 0.3) is 17.3 Å². The minimum Gasteiger partial charge on any atom is -0.493 e. The van der Waals surface area contributed by atoms with Gasteiger partial charge in [-0.05, 0) is 43.7 Å². The van der Waals surface area contributed by atoms with Crippen molar-refractivity contribution in [2.45, 2.75) is 13.8 Å². The van der Waals surface area contributed by atoms with E-state index in [9.17, 15) is 4.79 Å². The van der Waals surface area contributed by atoms with Crippen molar-refractivity contribution < 1.29 is 14.3 Å². The summed E-state index contributed by atoms with van der Waals surface area (Å²) in [5, 5.41) is 5.87. The molecule has 2 aromatic carbocycles. The Morgan fingerprint density at radius 2 is 2.07 bits per heavy atom. The standard InChI is InChI=1S/C22H22N2O3S/c1-4-6-16-9-10-20(21(11-16)26-3)27-13-22(25)24-18-8-5-7-17(12-18)19-14-28-15(2)23-19/h4-12,14H,13H2,1-3H3,(H,24,25)/b6-4+. The number of anilines is 1. The van der Waals surface area contributed by atoms with Crippen LogP contribution in [0.1, 0.15) is 17.5 Å². The number of nitrogens with one attached hydrogen (secondary N) is 1. The van der Waals surface area contributed by atoms with Crippen LogP contribution in [-0.4, -0.2) is 24.6 Å². The zero-order valence-electron chi connectivity index (χ0n) is 16.1. The molecule has 0 aliphatic rings. The summed E-state index contributed by atoms with van der Waals surface area (Å²) in [5.74, 6) is 0.869. The molecule has 1 aromatic heterocycles. The Kier molecular flexibility index (Phi) is 6.45. The molecule has 0 bridgehead atoms. The number of hydrogen-bond acceptors (Lipinski definition) is 5. The molecule has 0 saturated heterocycles. The first-order valence-electron chi connectivity index (χ1n) is 8.85. The molecular weight excluding hydrogens is 372 g/mol. The molecule has 5 nitrogen and oxygen atoms in total. The maximum atomic E-state index is 12.3. The lowest BCUT2D eigenvalue weighted by Gasteiger charge is -2.12. The molecule has 0 saturated carbocycles.